The van der Waals surface area contributed by atoms with E-state index < -0.39 is 9.84 Å². The third-order valence-electron chi connectivity index (χ3n) is 5.25. The first-order chi connectivity index (χ1) is 14.0. The molecule has 7 nitrogen and oxygen atoms in total. The van der Waals surface area contributed by atoms with Crippen molar-refractivity contribution in [2.24, 2.45) is 0 Å². The van der Waals surface area contributed by atoms with Gasteiger partial charge in [-0.1, -0.05) is 29.5 Å². The van der Waals surface area contributed by atoms with Crippen molar-refractivity contribution in [1.29, 1.82) is 0 Å². The van der Waals surface area contributed by atoms with Gasteiger partial charge in [-0.15, -0.1) is 5.10 Å². The Morgan fingerprint density at radius 3 is 2.59 bits per heavy atom. The Bertz CT molecular complexity index is 1060. The van der Waals surface area contributed by atoms with Crippen LogP contribution in [0.4, 0.5) is 0 Å². The molecular formula is C21H25N5O2S. The fourth-order valence-electron chi connectivity index (χ4n) is 3.84. The Kier molecular flexibility index (Phi) is 5.73. The smallest absolute Gasteiger partial charge is 0.151 e. The van der Waals surface area contributed by atoms with Gasteiger partial charge in [-0.3, -0.25) is 9.88 Å². The summed E-state index contributed by atoms with van der Waals surface area (Å²) >= 11 is 0. The van der Waals surface area contributed by atoms with E-state index in [-0.39, 0.29) is 5.75 Å². The van der Waals surface area contributed by atoms with E-state index in [1.165, 1.54) is 6.26 Å². The van der Waals surface area contributed by atoms with Gasteiger partial charge in [0.05, 0.1) is 23.3 Å². The van der Waals surface area contributed by atoms with Crippen LogP contribution in [0.2, 0.25) is 0 Å². The molecule has 8 heteroatoms. The van der Waals surface area contributed by atoms with E-state index in [0.717, 1.165) is 55.0 Å². The first-order valence-electron chi connectivity index (χ1n) is 9.77. The first-order valence-corrected chi connectivity index (χ1v) is 11.8. The molecule has 3 heterocycles. The minimum atomic E-state index is -3.05. The lowest BCUT2D eigenvalue weighted by molar-refractivity contribution is 0.202. The summed E-state index contributed by atoms with van der Waals surface area (Å²) in [5.41, 5.74) is 3.88. The van der Waals surface area contributed by atoms with Gasteiger partial charge in [0, 0.05) is 25.2 Å². The number of hydrogen-bond donors (Lipinski definition) is 0. The lowest BCUT2D eigenvalue weighted by atomic mass is 9.90. The van der Waals surface area contributed by atoms with Crippen LogP contribution in [0, 0.1) is 0 Å². The summed E-state index contributed by atoms with van der Waals surface area (Å²) < 4.78 is 24.9. The molecule has 29 heavy (non-hydrogen) atoms. The zero-order chi connectivity index (χ0) is 20.3. The van der Waals surface area contributed by atoms with Gasteiger partial charge < -0.3 is 0 Å². The van der Waals surface area contributed by atoms with Crippen LogP contribution in [-0.4, -0.2) is 52.6 Å². The van der Waals surface area contributed by atoms with Crippen LogP contribution in [-0.2, 0) is 22.1 Å². The third kappa shape index (κ3) is 5.27. The van der Waals surface area contributed by atoms with Crippen LogP contribution in [0.25, 0.3) is 5.69 Å². The minimum absolute atomic E-state index is 0.0454. The molecule has 0 spiro atoms. The molecule has 1 aromatic carbocycles. The Balaban J connectivity index is 1.34. The predicted octanol–water partition coefficient (Wildman–Crippen LogP) is 2.59. The maximum Gasteiger partial charge on any atom is 0.151 e. The van der Waals surface area contributed by atoms with Gasteiger partial charge in [0.25, 0.3) is 0 Å². The van der Waals surface area contributed by atoms with E-state index in [2.05, 4.69) is 20.2 Å². The number of rotatable bonds is 6. The quantitative estimate of drug-likeness (QED) is 0.620. The van der Waals surface area contributed by atoms with Gasteiger partial charge in [0.1, 0.15) is 0 Å². The van der Waals surface area contributed by atoms with Crippen LogP contribution in [0.1, 0.15) is 35.6 Å². The number of benzene rings is 1. The molecule has 0 aliphatic carbocycles. The lowest BCUT2D eigenvalue weighted by Crippen LogP contribution is -2.32. The normalized spacial score (nSPS) is 16.2. The third-order valence-corrected chi connectivity index (χ3v) is 6.11. The van der Waals surface area contributed by atoms with Gasteiger partial charge in [-0.2, -0.15) is 0 Å². The molecule has 1 saturated heterocycles. The van der Waals surface area contributed by atoms with Crippen molar-refractivity contribution < 1.29 is 8.42 Å². The fraction of sp³-hybridized carbons (Fsp3) is 0.381. The molecule has 1 aliphatic rings. The van der Waals surface area contributed by atoms with Gasteiger partial charge in [0.15, 0.2) is 9.84 Å². The van der Waals surface area contributed by atoms with Crippen LogP contribution >= 0.6 is 0 Å². The molecule has 152 valence electrons. The van der Waals surface area contributed by atoms with E-state index in [4.69, 9.17) is 0 Å². The van der Waals surface area contributed by atoms with Crippen molar-refractivity contribution in [1.82, 2.24) is 24.9 Å². The number of piperidine rings is 1. The Hall–Kier alpha value is -2.58. The number of likely N-dealkylation sites (tertiary alicyclic amines) is 1. The van der Waals surface area contributed by atoms with E-state index in [9.17, 15) is 8.42 Å². The Morgan fingerprint density at radius 1 is 1.10 bits per heavy atom. The van der Waals surface area contributed by atoms with E-state index in [1.54, 1.807) is 10.9 Å². The highest BCUT2D eigenvalue weighted by Gasteiger charge is 2.22. The fourth-order valence-corrected chi connectivity index (χ4v) is 4.61. The van der Waals surface area contributed by atoms with E-state index >= 15 is 0 Å². The summed E-state index contributed by atoms with van der Waals surface area (Å²) in [4.78, 5) is 6.66. The average Bonchev–Trinajstić information content (AvgIpc) is 3.17. The van der Waals surface area contributed by atoms with Crippen molar-refractivity contribution >= 4 is 9.84 Å². The molecule has 3 aromatic rings. The van der Waals surface area contributed by atoms with Crippen molar-refractivity contribution in [3.8, 4) is 5.69 Å². The number of para-hydroxylation sites is 1. The molecule has 1 aliphatic heterocycles. The minimum Gasteiger partial charge on any atom is -0.297 e. The molecule has 0 bridgehead atoms. The first kappa shape index (κ1) is 19.7. The summed E-state index contributed by atoms with van der Waals surface area (Å²) in [7, 11) is -3.05. The Morgan fingerprint density at radius 2 is 1.86 bits per heavy atom. The number of nitrogens with zero attached hydrogens (tertiary/aromatic N) is 5. The summed E-state index contributed by atoms with van der Waals surface area (Å²) in [5.74, 6) is 0.460. The topological polar surface area (TPSA) is 81.0 Å². The molecule has 0 unspecified atom stereocenters. The van der Waals surface area contributed by atoms with Gasteiger partial charge in [-0.25, -0.2) is 13.1 Å². The van der Waals surface area contributed by atoms with Crippen LogP contribution in [0.3, 0.4) is 0 Å². The zero-order valence-corrected chi connectivity index (χ0v) is 17.3. The summed E-state index contributed by atoms with van der Waals surface area (Å²) in [5, 5.41) is 8.55. The molecule has 0 radical (unpaired) electrons. The van der Waals surface area contributed by atoms with Crippen molar-refractivity contribution in [3.05, 3.63) is 71.8 Å². The highest BCUT2D eigenvalue weighted by molar-refractivity contribution is 7.89. The lowest BCUT2D eigenvalue weighted by Gasteiger charge is -2.31. The maximum atomic E-state index is 11.5. The average molecular weight is 412 g/mol. The number of pyridine rings is 1. The molecule has 2 aromatic heterocycles. The standard InChI is InChI=1S/C21H25N5O2S/c1-29(27,28)16-17-11-19(13-22-12-17)18-7-9-25(10-8-18)14-20-15-26(24-23-20)21-5-3-2-4-6-21/h2-6,11-13,15,18H,7-10,14,16H2,1H3. The van der Waals surface area contributed by atoms with Gasteiger partial charge in [0.2, 0.25) is 0 Å². The predicted molar refractivity (Wildman–Crippen MR) is 111 cm³/mol. The monoisotopic (exact) mass is 411 g/mol. The molecular weight excluding hydrogens is 386 g/mol. The van der Waals surface area contributed by atoms with E-state index in [0.29, 0.717) is 5.92 Å². The molecule has 0 amide bonds. The highest BCUT2D eigenvalue weighted by Crippen LogP contribution is 2.28. The second-order valence-electron chi connectivity index (χ2n) is 7.74. The summed E-state index contributed by atoms with van der Waals surface area (Å²) in [6.07, 6.45) is 8.81. The SMILES string of the molecule is CS(=O)(=O)Cc1cncc(C2CCN(Cc3cn(-c4ccccc4)nn3)CC2)c1. The van der Waals surface area contributed by atoms with Crippen LogP contribution < -0.4 is 0 Å². The second kappa shape index (κ2) is 8.42. The molecule has 0 N–H and O–H groups in total. The molecule has 0 atom stereocenters. The van der Waals surface area contributed by atoms with Gasteiger partial charge in [-0.05, 0) is 55.1 Å². The molecule has 0 saturated carbocycles. The van der Waals surface area contributed by atoms with E-state index in [1.807, 2.05) is 48.8 Å². The largest absolute Gasteiger partial charge is 0.297 e. The summed E-state index contributed by atoms with van der Waals surface area (Å²) in [6.45, 7) is 2.73. The number of aromatic nitrogens is 4. The van der Waals surface area contributed by atoms with Crippen molar-refractivity contribution in [2.75, 3.05) is 19.3 Å². The second-order valence-corrected chi connectivity index (χ2v) is 9.88. The number of hydrogen-bond acceptors (Lipinski definition) is 6. The van der Waals surface area contributed by atoms with Crippen LogP contribution in [0.5, 0.6) is 0 Å². The Labute approximate surface area is 171 Å². The zero-order valence-electron chi connectivity index (χ0n) is 16.5. The van der Waals surface area contributed by atoms with Crippen molar-refractivity contribution in [2.45, 2.75) is 31.1 Å². The highest BCUT2D eigenvalue weighted by atomic mass is 32.2. The number of sulfone groups is 1. The molecule has 4 rings (SSSR count). The van der Waals surface area contributed by atoms with Gasteiger partial charge >= 0.3 is 0 Å². The van der Waals surface area contributed by atoms with Crippen molar-refractivity contribution in [3.63, 3.8) is 0 Å². The molecule has 1 fully saturated rings. The maximum absolute atomic E-state index is 11.5. The summed E-state index contributed by atoms with van der Waals surface area (Å²) in [6, 6.07) is 12.0. The van der Waals surface area contributed by atoms with Crippen LogP contribution in [0.15, 0.2) is 55.0 Å².